The van der Waals surface area contributed by atoms with E-state index < -0.39 is 0 Å². The molecule has 76 heavy (non-hydrogen) atoms. The first-order valence-electron chi connectivity index (χ1n) is 27.3. The molecule has 9 aromatic carbocycles. The van der Waals surface area contributed by atoms with Gasteiger partial charge in [-0.05, 0) is 181 Å². The SMILES string of the molecule is Cc1cc2c3c(c1)N(c1ccc(-c4ccc5c(c4)oc4ccccc45)cc1)c1cc(N(c4ccc(C(C)(C)C)cc4)c4ccc(C(C)(C)C)cc4)ccc1B3c1cc(C(C)(C)C)ccc1N2c1ccc(C(C)(C)C)cc1. The second-order valence-electron chi connectivity index (χ2n) is 25.7. The highest BCUT2D eigenvalue weighted by Crippen LogP contribution is 2.48. The summed E-state index contributed by atoms with van der Waals surface area (Å²) in [5, 5.41) is 2.28. The fourth-order valence-electron chi connectivity index (χ4n) is 11.8. The average molecular weight is 992 g/mol. The van der Waals surface area contributed by atoms with Gasteiger partial charge in [-0.2, -0.15) is 0 Å². The molecule has 0 amide bonds. The van der Waals surface area contributed by atoms with Gasteiger partial charge < -0.3 is 19.1 Å². The molecular formula is C71H70BN3O. The van der Waals surface area contributed by atoms with Gasteiger partial charge in [0.15, 0.2) is 0 Å². The smallest absolute Gasteiger partial charge is 0.252 e. The number of furan rings is 1. The van der Waals surface area contributed by atoms with Crippen LogP contribution >= 0.6 is 0 Å². The summed E-state index contributed by atoms with van der Waals surface area (Å²) in [6.07, 6.45) is 0. The molecule has 10 aromatic rings. The Morgan fingerprint density at radius 3 is 1.41 bits per heavy atom. The van der Waals surface area contributed by atoms with Crippen LogP contribution in [0.3, 0.4) is 0 Å². The molecule has 378 valence electrons. The lowest BCUT2D eigenvalue weighted by atomic mass is 9.33. The number of rotatable bonds is 6. The number of aryl methyl sites for hydroxylation is 1. The van der Waals surface area contributed by atoms with Crippen LogP contribution in [-0.4, -0.2) is 6.71 Å². The van der Waals surface area contributed by atoms with Gasteiger partial charge in [-0.25, -0.2) is 0 Å². The van der Waals surface area contributed by atoms with E-state index in [2.05, 4.69) is 287 Å². The maximum absolute atomic E-state index is 6.39. The van der Waals surface area contributed by atoms with Crippen LogP contribution in [0.5, 0.6) is 0 Å². The van der Waals surface area contributed by atoms with Crippen LogP contribution in [0.4, 0.5) is 51.2 Å². The molecule has 0 saturated heterocycles. The Labute approximate surface area is 451 Å². The second kappa shape index (κ2) is 17.7. The molecular weight excluding hydrogens is 922 g/mol. The first-order valence-corrected chi connectivity index (χ1v) is 27.3. The first-order chi connectivity index (χ1) is 36.1. The molecule has 12 rings (SSSR count). The van der Waals surface area contributed by atoms with Crippen molar-refractivity contribution in [1.82, 2.24) is 0 Å². The van der Waals surface area contributed by atoms with Crippen LogP contribution in [0.25, 0.3) is 33.1 Å². The highest BCUT2D eigenvalue weighted by molar-refractivity contribution is 7.00. The molecule has 0 radical (unpaired) electrons. The molecule has 0 fully saturated rings. The number of nitrogens with zero attached hydrogens (tertiary/aromatic N) is 3. The molecule has 1 aromatic heterocycles. The Hall–Kier alpha value is -7.76. The predicted molar refractivity (Wildman–Crippen MR) is 327 cm³/mol. The molecule has 0 aliphatic carbocycles. The van der Waals surface area contributed by atoms with E-state index in [1.807, 2.05) is 6.07 Å². The molecule has 0 bridgehead atoms. The van der Waals surface area contributed by atoms with E-state index >= 15 is 0 Å². The summed E-state index contributed by atoms with van der Waals surface area (Å²) in [6.45, 7) is 29.8. The van der Waals surface area contributed by atoms with Gasteiger partial charge in [0.2, 0.25) is 0 Å². The van der Waals surface area contributed by atoms with Crippen molar-refractivity contribution in [2.24, 2.45) is 0 Å². The fraction of sp³-hybridized carbons (Fsp3) is 0.239. The molecule has 0 saturated carbocycles. The van der Waals surface area contributed by atoms with Crippen molar-refractivity contribution in [1.29, 1.82) is 0 Å². The maximum Gasteiger partial charge on any atom is 0.252 e. The van der Waals surface area contributed by atoms with Gasteiger partial charge in [0.25, 0.3) is 6.71 Å². The Morgan fingerprint density at radius 1 is 0.368 bits per heavy atom. The van der Waals surface area contributed by atoms with Crippen molar-refractivity contribution in [3.05, 3.63) is 216 Å². The van der Waals surface area contributed by atoms with Crippen molar-refractivity contribution in [2.45, 2.75) is 112 Å². The van der Waals surface area contributed by atoms with E-state index in [1.54, 1.807) is 0 Å². The first kappa shape index (κ1) is 49.1. The Bertz CT molecular complexity index is 3800. The number of hydrogen-bond acceptors (Lipinski definition) is 4. The summed E-state index contributed by atoms with van der Waals surface area (Å²) >= 11 is 0. The molecule has 0 spiro atoms. The molecule has 0 N–H and O–H groups in total. The minimum atomic E-state index is -0.0553. The zero-order valence-electron chi connectivity index (χ0n) is 46.7. The molecule has 2 aliphatic heterocycles. The zero-order valence-corrected chi connectivity index (χ0v) is 46.7. The topological polar surface area (TPSA) is 22.9 Å². The van der Waals surface area contributed by atoms with Gasteiger partial charge in [-0.15, -0.1) is 0 Å². The second-order valence-corrected chi connectivity index (χ2v) is 25.7. The Balaban J connectivity index is 1.09. The van der Waals surface area contributed by atoms with Gasteiger partial charge >= 0.3 is 0 Å². The number of benzene rings is 9. The van der Waals surface area contributed by atoms with Crippen LogP contribution < -0.4 is 31.1 Å². The number of para-hydroxylation sites is 1. The summed E-state index contributed by atoms with van der Waals surface area (Å²) < 4.78 is 6.39. The number of hydrogen-bond donors (Lipinski definition) is 0. The van der Waals surface area contributed by atoms with E-state index in [0.717, 1.165) is 61.5 Å². The van der Waals surface area contributed by atoms with Crippen molar-refractivity contribution in [3.63, 3.8) is 0 Å². The van der Waals surface area contributed by atoms with E-state index in [1.165, 1.54) is 67.0 Å². The summed E-state index contributed by atoms with van der Waals surface area (Å²) in [5.41, 5.74) is 24.9. The monoisotopic (exact) mass is 992 g/mol. The fourth-order valence-corrected chi connectivity index (χ4v) is 11.8. The minimum absolute atomic E-state index is 0.0265. The molecule has 5 heteroatoms. The molecule has 0 unspecified atom stereocenters. The van der Waals surface area contributed by atoms with Crippen molar-refractivity contribution >= 4 is 96.2 Å². The van der Waals surface area contributed by atoms with Gasteiger partial charge in [0.05, 0.1) is 0 Å². The summed E-state index contributed by atoms with van der Waals surface area (Å²) in [7, 11) is 0. The highest BCUT2D eigenvalue weighted by atomic mass is 16.3. The third-order valence-electron chi connectivity index (χ3n) is 16.1. The van der Waals surface area contributed by atoms with Crippen LogP contribution in [0.2, 0.25) is 0 Å². The van der Waals surface area contributed by atoms with Crippen molar-refractivity contribution < 1.29 is 4.42 Å². The van der Waals surface area contributed by atoms with Gasteiger partial charge in [-0.3, -0.25) is 0 Å². The van der Waals surface area contributed by atoms with Gasteiger partial charge in [0, 0.05) is 62.0 Å². The van der Waals surface area contributed by atoms with Gasteiger partial charge in [-0.1, -0.05) is 174 Å². The third-order valence-corrected chi connectivity index (χ3v) is 16.1. The van der Waals surface area contributed by atoms with Crippen molar-refractivity contribution in [3.8, 4) is 11.1 Å². The lowest BCUT2D eigenvalue weighted by Crippen LogP contribution is -2.61. The number of anilines is 9. The van der Waals surface area contributed by atoms with Crippen LogP contribution in [0.1, 0.15) is 111 Å². The predicted octanol–water partition coefficient (Wildman–Crippen LogP) is 18.3. The van der Waals surface area contributed by atoms with E-state index in [0.29, 0.717) is 0 Å². The summed E-state index contributed by atoms with van der Waals surface area (Å²) in [5.74, 6) is 0. The summed E-state index contributed by atoms with van der Waals surface area (Å²) in [6, 6.07) is 71.2. The average Bonchev–Trinajstić information content (AvgIpc) is 3.83. The maximum atomic E-state index is 6.39. The lowest BCUT2D eigenvalue weighted by Gasteiger charge is -2.45. The van der Waals surface area contributed by atoms with Crippen LogP contribution in [0, 0.1) is 6.92 Å². The van der Waals surface area contributed by atoms with E-state index in [9.17, 15) is 0 Å². The van der Waals surface area contributed by atoms with E-state index in [-0.39, 0.29) is 28.4 Å². The normalized spacial score (nSPS) is 13.5. The molecule has 4 nitrogen and oxygen atoms in total. The lowest BCUT2D eigenvalue weighted by molar-refractivity contribution is 0.590. The molecule has 0 atom stereocenters. The number of fused-ring (bicyclic) bond motifs is 7. The highest BCUT2D eigenvalue weighted by Gasteiger charge is 2.44. The Kier molecular flexibility index (Phi) is 11.4. The third kappa shape index (κ3) is 8.49. The molecule has 3 heterocycles. The largest absolute Gasteiger partial charge is 0.456 e. The zero-order chi connectivity index (χ0) is 53.2. The van der Waals surface area contributed by atoms with Gasteiger partial charge in [0.1, 0.15) is 11.2 Å². The summed E-state index contributed by atoms with van der Waals surface area (Å²) in [4.78, 5) is 7.54. The Morgan fingerprint density at radius 2 is 0.842 bits per heavy atom. The molecule has 2 aliphatic rings. The van der Waals surface area contributed by atoms with Crippen molar-refractivity contribution in [2.75, 3.05) is 14.7 Å². The van der Waals surface area contributed by atoms with E-state index in [4.69, 9.17) is 4.42 Å². The minimum Gasteiger partial charge on any atom is -0.456 e. The van der Waals surface area contributed by atoms with Crippen LogP contribution in [-0.2, 0) is 21.7 Å². The van der Waals surface area contributed by atoms with Crippen LogP contribution in [0.15, 0.2) is 192 Å². The standard InChI is InChI=1S/C71H70BN3O/c1-45-40-63-67-64(41-45)75(54-28-18-46(19-29-54)47-20-37-58-57-16-14-15-17-65(57)76-66(58)42-47)62-44-56(73(52-30-21-48(22-31-52)68(2,3)4)53-32-23-49(24-33-53)69(5,6)7)36-38-59(62)72(67)60-43-51(71(11,12)13)27-39-61(60)74(63)55-34-25-50(26-35-55)70(8,9)10/h14-44H,1-13H3. The quantitative estimate of drug-likeness (QED) is 0.155.